The lowest BCUT2D eigenvalue weighted by molar-refractivity contribution is -0.138. The standard InChI is InChI=1S/C20H20N2O4/c21-17(20(25)26)11-14-12-22(18-4-2-1-3-16(14)18)19(24)10-7-13-5-8-15(23)9-6-13/h1-6,8-9,12,17,23H,7,10-11,21H2,(H,25,26). The van der Waals surface area contributed by atoms with E-state index in [0.29, 0.717) is 12.8 Å². The quantitative estimate of drug-likeness (QED) is 0.632. The van der Waals surface area contributed by atoms with E-state index in [1.807, 2.05) is 24.3 Å². The average molecular weight is 352 g/mol. The number of rotatable bonds is 6. The van der Waals surface area contributed by atoms with Crippen LogP contribution in [-0.2, 0) is 17.6 Å². The molecule has 0 aliphatic heterocycles. The van der Waals surface area contributed by atoms with Gasteiger partial charge < -0.3 is 15.9 Å². The summed E-state index contributed by atoms with van der Waals surface area (Å²) in [5, 5.41) is 19.2. The third-order valence-electron chi connectivity index (χ3n) is 4.38. The summed E-state index contributed by atoms with van der Waals surface area (Å²) >= 11 is 0. The van der Waals surface area contributed by atoms with Gasteiger partial charge in [0.15, 0.2) is 0 Å². The number of nitrogens with two attached hydrogens (primary N) is 1. The van der Waals surface area contributed by atoms with Crippen LogP contribution < -0.4 is 5.73 Å². The van der Waals surface area contributed by atoms with Crippen LogP contribution in [0.4, 0.5) is 0 Å². The SMILES string of the molecule is NC(Cc1cn(C(=O)CCc2ccc(O)cc2)c2ccccc12)C(=O)O. The maximum atomic E-state index is 12.7. The van der Waals surface area contributed by atoms with Gasteiger partial charge in [0, 0.05) is 24.4 Å². The Bertz CT molecular complexity index is 944. The Morgan fingerprint density at radius 3 is 2.46 bits per heavy atom. The summed E-state index contributed by atoms with van der Waals surface area (Å²) < 4.78 is 1.57. The molecule has 2 aromatic carbocycles. The highest BCUT2D eigenvalue weighted by Crippen LogP contribution is 2.23. The van der Waals surface area contributed by atoms with Gasteiger partial charge >= 0.3 is 5.97 Å². The third kappa shape index (κ3) is 3.75. The van der Waals surface area contributed by atoms with Crippen LogP contribution in [0.1, 0.15) is 22.3 Å². The molecule has 0 aliphatic rings. The number of para-hydroxylation sites is 1. The first-order chi connectivity index (χ1) is 12.5. The summed E-state index contributed by atoms with van der Waals surface area (Å²) in [6.45, 7) is 0. The molecule has 0 radical (unpaired) electrons. The monoisotopic (exact) mass is 352 g/mol. The molecule has 3 rings (SSSR count). The molecule has 134 valence electrons. The second kappa shape index (κ2) is 7.41. The second-order valence-electron chi connectivity index (χ2n) is 6.25. The Balaban J connectivity index is 1.83. The minimum Gasteiger partial charge on any atom is -0.508 e. The number of fused-ring (bicyclic) bond motifs is 1. The van der Waals surface area contributed by atoms with Gasteiger partial charge in [-0.2, -0.15) is 0 Å². The van der Waals surface area contributed by atoms with Crippen molar-refractivity contribution in [3.8, 4) is 5.75 Å². The summed E-state index contributed by atoms with van der Waals surface area (Å²) in [7, 11) is 0. The molecule has 3 aromatic rings. The van der Waals surface area contributed by atoms with E-state index in [2.05, 4.69) is 0 Å². The Labute approximate surface area is 150 Å². The van der Waals surface area contributed by atoms with Gasteiger partial charge in [-0.1, -0.05) is 30.3 Å². The molecule has 6 nitrogen and oxygen atoms in total. The van der Waals surface area contributed by atoms with E-state index in [-0.39, 0.29) is 18.1 Å². The molecule has 0 fully saturated rings. The minimum atomic E-state index is -1.07. The third-order valence-corrected chi connectivity index (χ3v) is 4.38. The van der Waals surface area contributed by atoms with Gasteiger partial charge in [-0.15, -0.1) is 0 Å². The number of carbonyl (C=O) groups excluding carboxylic acids is 1. The van der Waals surface area contributed by atoms with E-state index in [1.165, 1.54) is 0 Å². The number of aryl methyl sites for hydroxylation is 1. The predicted octanol–water partition coefficient (Wildman–Crippen LogP) is 2.57. The van der Waals surface area contributed by atoms with Crippen molar-refractivity contribution in [3.63, 3.8) is 0 Å². The van der Waals surface area contributed by atoms with Crippen LogP contribution in [0.3, 0.4) is 0 Å². The Kier molecular flexibility index (Phi) is 5.04. The Hall–Kier alpha value is -3.12. The number of carbonyl (C=O) groups is 2. The number of aromatic nitrogens is 1. The summed E-state index contributed by atoms with van der Waals surface area (Å²) in [6.07, 6.45) is 2.70. The van der Waals surface area contributed by atoms with Crippen molar-refractivity contribution in [2.75, 3.05) is 0 Å². The molecule has 0 spiro atoms. The molecular formula is C20H20N2O4. The zero-order valence-electron chi connectivity index (χ0n) is 14.1. The van der Waals surface area contributed by atoms with Crippen molar-refractivity contribution in [1.29, 1.82) is 0 Å². The van der Waals surface area contributed by atoms with Crippen LogP contribution >= 0.6 is 0 Å². The highest BCUT2D eigenvalue weighted by atomic mass is 16.4. The van der Waals surface area contributed by atoms with Gasteiger partial charge in [-0.05, 0) is 35.7 Å². The van der Waals surface area contributed by atoms with Crippen LogP contribution in [0, 0.1) is 0 Å². The van der Waals surface area contributed by atoms with Gasteiger partial charge in [-0.3, -0.25) is 14.2 Å². The topological polar surface area (TPSA) is 106 Å². The maximum absolute atomic E-state index is 12.7. The van der Waals surface area contributed by atoms with E-state index in [1.54, 1.807) is 35.0 Å². The second-order valence-corrected chi connectivity index (χ2v) is 6.25. The lowest BCUT2D eigenvalue weighted by Gasteiger charge is -2.05. The number of carboxylic acids is 1. The molecule has 0 saturated heterocycles. The molecule has 1 unspecified atom stereocenters. The Morgan fingerprint density at radius 1 is 1.08 bits per heavy atom. The first kappa shape index (κ1) is 17.7. The smallest absolute Gasteiger partial charge is 0.320 e. The highest BCUT2D eigenvalue weighted by Gasteiger charge is 2.18. The number of hydrogen-bond acceptors (Lipinski definition) is 4. The molecule has 1 heterocycles. The number of aromatic hydroxyl groups is 1. The van der Waals surface area contributed by atoms with E-state index in [0.717, 1.165) is 22.0 Å². The number of benzene rings is 2. The molecule has 26 heavy (non-hydrogen) atoms. The predicted molar refractivity (Wildman–Crippen MR) is 98.3 cm³/mol. The number of phenols is 1. The molecule has 0 amide bonds. The van der Waals surface area contributed by atoms with Crippen molar-refractivity contribution in [1.82, 2.24) is 4.57 Å². The van der Waals surface area contributed by atoms with Crippen molar-refractivity contribution in [2.24, 2.45) is 5.73 Å². The van der Waals surface area contributed by atoms with Crippen LogP contribution in [-0.4, -0.2) is 32.7 Å². The van der Waals surface area contributed by atoms with Crippen molar-refractivity contribution < 1.29 is 19.8 Å². The van der Waals surface area contributed by atoms with Gasteiger partial charge in [0.1, 0.15) is 11.8 Å². The first-order valence-corrected chi connectivity index (χ1v) is 8.34. The summed E-state index contributed by atoms with van der Waals surface area (Å²) in [5.74, 6) is -0.958. The zero-order chi connectivity index (χ0) is 18.7. The van der Waals surface area contributed by atoms with Crippen LogP contribution in [0.5, 0.6) is 5.75 Å². The van der Waals surface area contributed by atoms with E-state index in [4.69, 9.17) is 10.8 Å². The summed E-state index contributed by atoms with van der Waals surface area (Å²) in [6, 6.07) is 13.1. The molecule has 1 atom stereocenters. The fourth-order valence-electron chi connectivity index (χ4n) is 2.98. The normalized spacial score (nSPS) is 12.2. The van der Waals surface area contributed by atoms with Crippen molar-refractivity contribution in [2.45, 2.75) is 25.3 Å². The van der Waals surface area contributed by atoms with Crippen molar-refractivity contribution >= 4 is 22.8 Å². The lowest BCUT2D eigenvalue weighted by atomic mass is 10.1. The fraction of sp³-hybridized carbons (Fsp3) is 0.200. The van der Waals surface area contributed by atoms with Gasteiger partial charge in [0.25, 0.3) is 0 Å². The van der Waals surface area contributed by atoms with E-state index >= 15 is 0 Å². The molecule has 0 saturated carbocycles. The Morgan fingerprint density at radius 2 is 1.77 bits per heavy atom. The summed E-state index contributed by atoms with van der Waals surface area (Å²) in [4.78, 5) is 23.7. The number of nitrogens with zero attached hydrogens (tertiary/aromatic N) is 1. The largest absolute Gasteiger partial charge is 0.508 e. The molecule has 0 aliphatic carbocycles. The molecule has 0 bridgehead atoms. The molecule has 4 N–H and O–H groups in total. The number of aliphatic carboxylic acids is 1. The summed E-state index contributed by atoms with van der Waals surface area (Å²) in [5.41, 5.74) is 8.11. The zero-order valence-corrected chi connectivity index (χ0v) is 14.1. The fourth-order valence-corrected chi connectivity index (χ4v) is 2.98. The minimum absolute atomic E-state index is 0.0792. The van der Waals surface area contributed by atoms with Crippen LogP contribution in [0.2, 0.25) is 0 Å². The van der Waals surface area contributed by atoms with E-state index in [9.17, 15) is 14.7 Å². The molecule has 1 aromatic heterocycles. The maximum Gasteiger partial charge on any atom is 0.320 e. The van der Waals surface area contributed by atoms with E-state index < -0.39 is 12.0 Å². The van der Waals surface area contributed by atoms with Crippen LogP contribution in [0.25, 0.3) is 10.9 Å². The highest BCUT2D eigenvalue weighted by molar-refractivity contribution is 5.95. The number of carboxylic acid groups (broad SMARTS) is 1. The lowest BCUT2D eigenvalue weighted by Crippen LogP contribution is -2.32. The van der Waals surface area contributed by atoms with Gasteiger partial charge in [-0.25, -0.2) is 0 Å². The first-order valence-electron chi connectivity index (χ1n) is 8.34. The molecular weight excluding hydrogens is 332 g/mol. The average Bonchev–Trinajstić information content (AvgIpc) is 3.00. The van der Waals surface area contributed by atoms with Crippen molar-refractivity contribution in [3.05, 3.63) is 65.9 Å². The van der Waals surface area contributed by atoms with Gasteiger partial charge in [0.2, 0.25) is 5.91 Å². The van der Waals surface area contributed by atoms with Crippen LogP contribution in [0.15, 0.2) is 54.7 Å². The number of hydrogen-bond donors (Lipinski definition) is 3. The van der Waals surface area contributed by atoms with Gasteiger partial charge in [0.05, 0.1) is 5.52 Å². The number of phenolic OH excluding ortho intramolecular Hbond substituents is 1. The molecule has 6 heteroatoms.